The minimum atomic E-state index is -0.406. The molecule has 2 heterocycles. The van der Waals surface area contributed by atoms with E-state index in [-0.39, 0.29) is 18.7 Å². The largest absolute Gasteiger partial charge is 0.454 e. The Morgan fingerprint density at radius 3 is 3.04 bits per heavy atom. The molecule has 0 bridgehead atoms. The van der Waals surface area contributed by atoms with Crippen LogP contribution in [-0.2, 0) is 11.3 Å². The summed E-state index contributed by atoms with van der Waals surface area (Å²) in [6.45, 7) is 3.71. The van der Waals surface area contributed by atoms with Gasteiger partial charge >= 0.3 is 0 Å². The molecule has 2 aliphatic rings. The second-order valence-electron chi connectivity index (χ2n) is 6.24. The second-order valence-corrected chi connectivity index (χ2v) is 6.24. The monoisotopic (exact) mass is 320 g/mol. The zero-order valence-electron chi connectivity index (χ0n) is 13.5. The van der Waals surface area contributed by atoms with Gasteiger partial charge in [0.2, 0.25) is 12.7 Å². The maximum atomic E-state index is 12.2. The third kappa shape index (κ3) is 3.95. The Balaban J connectivity index is 1.51. The minimum Gasteiger partial charge on any atom is -0.454 e. The van der Waals surface area contributed by atoms with Gasteiger partial charge < -0.3 is 19.9 Å². The highest BCUT2D eigenvalue weighted by atomic mass is 16.7. The fourth-order valence-electron chi connectivity index (χ4n) is 3.25. The molecule has 0 radical (unpaired) electrons. The summed E-state index contributed by atoms with van der Waals surface area (Å²) in [5.41, 5.74) is 0.980. The van der Waals surface area contributed by atoms with Crippen molar-refractivity contribution in [1.82, 2.24) is 10.2 Å². The van der Waals surface area contributed by atoms with Crippen molar-refractivity contribution >= 4 is 5.91 Å². The van der Waals surface area contributed by atoms with Crippen LogP contribution in [0.25, 0.3) is 0 Å². The molecule has 3 rings (SSSR count). The predicted molar refractivity (Wildman–Crippen MR) is 85.3 cm³/mol. The standard InChI is InChI=1S/C17H24N2O4/c1-12(20)14-4-2-3-7-19(14)10-17(21)18-9-13-5-6-15-16(8-13)23-11-22-15/h5-6,8,12,14,20H,2-4,7,9-11H2,1H3,(H,18,21). The summed E-state index contributed by atoms with van der Waals surface area (Å²) in [6.07, 6.45) is 2.74. The van der Waals surface area contributed by atoms with Gasteiger partial charge in [-0.2, -0.15) is 0 Å². The Labute approximate surface area is 136 Å². The summed E-state index contributed by atoms with van der Waals surface area (Å²) in [5, 5.41) is 12.8. The van der Waals surface area contributed by atoms with E-state index < -0.39 is 6.10 Å². The van der Waals surface area contributed by atoms with Crippen molar-refractivity contribution < 1.29 is 19.4 Å². The number of carbonyl (C=O) groups is 1. The van der Waals surface area contributed by atoms with Crippen molar-refractivity contribution in [3.8, 4) is 11.5 Å². The number of nitrogens with zero attached hydrogens (tertiary/aromatic N) is 1. The van der Waals surface area contributed by atoms with Crippen LogP contribution in [0.1, 0.15) is 31.7 Å². The lowest BCUT2D eigenvalue weighted by Crippen LogP contribution is -2.49. The van der Waals surface area contributed by atoms with Crippen LogP contribution in [0, 0.1) is 0 Å². The molecule has 23 heavy (non-hydrogen) atoms. The van der Waals surface area contributed by atoms with Crippen LogP contribution in [0.2, 0.25) is 0 Å². The van der Waals surface area contributed by atoms with Crippen LogP contribution in [0.3, 0.4) is 0 Å². The third-order valence-corrected chi connectivity index (χ3v) is 4.49. The smallest absolute Gasteiger partial charge is 0.234 e. The lowest BCUT2D eigenvalue weighted by molar-refractivity contribution is -0.124. The number of hydrogen-bond acceptors (Lipinski definition) is 5. The van der Waals surface area contributed by atoms with E-state index in [1.807, 2.05) is 18.2 Å². The molecule has 1 saturated heterocycles. The Hall–Kier alpha value is -1.79. The first-order valence-electron chi connectivity index (χ1n) is 8.21. The van der Waals surface area contributed by atoms with Crippen molar-refractivity contribution in [2.45, 2.75) is 44.9 Å². The zero-order valence-corrected chi connectivity index (χ0v) is 13.5. The first-order valence-corrected chi connectivity index (χ1v) is 8.21. The average Bonchev–Trinajstić information content (AvgIpc) is 3.01. The molecular weight excluding hydrogens is 296 g/mol. The summed E-state index contributed by atoms with van der Waals surface area (Å²) >= 11 is 0. The number of amides is 1. The highest BCUT2D eigenvalue weighted by Crippen LogP contribution is 2.32. The molecule has 2 N–H and O–H groups in total. The van der Waals surface area contributed by atoms with Crippen LogP contribution >= 0.6 is 0 Å². The van der Waals surface area contributed by atoms with Gasteiger partial charge in [0.05, 0.1) is 12.6 Å². The van der Waals surface area contributed by atoms with Gasteiger partial charge in [0, 0.05) is 12.6 Å². The Morgan fingerprint density at radius 2 is 2.22 bits per heavy atom. The van der Waals surface area contributed by atoms with Crippen molar-refractivity contribution in [3.63, 3.8) is 0 Å². The van der Waals surface area contributed by atoms with Crippen molar-refractivity contribution in [2.75, 3.05) is 19.9 Å². The molecule has 1 aromatic carbocycles. The quantitative estimate of drug-likeness (QED) is 0.855. The second kappa shape index (κ2) is 7.19. The van der Waals surface area contributed by atoms with Crippen LogP contribution in [0.5, 0.6) is 11.5 Å². The Bertz CT molecular complexity index is 562. The van der Waals surface area contributed by atoms with Gasteiger partial charge in [-0.15, -0.1) is 0 Å². The highest BCUT2D eigenvalue weighted by molar-refractivity contribution is 5.78. The molecular formula is C17H24N2O4. The number of piperidine rings is 1. The van der Waals surface area contributed by atoms with E-state index in [1.54, 1.807) is 6.92 Å². The number of rotatable bonds is 5. The molecule has 126 valence electrons. The van der Waals surface area contributed by atoms with Gasteiger partial charge in [0.15, 0.2) is 11.5 Å². The Morgan fingerprint density at radius 1 is 1.39 bits per heavy atom. The first-order chi connectivity index (χ1) is 11.1. The molecule has 2 unspecified atom stereocenters. The van der Waals surface area contributed by atoms with E-state index in [4.69, 9.17) is 9.47 Å². The topological polar surface area (TPSA) is 71.0 Å². The fourth-order valence-corrected chi connectivity index (χ4v) is 3.25. The molecule has 0 aliphatic carbocycles. The fraction of sp³-hybridized carbons (Fsp3) is 0.588. The molecule has 1 aromatic rings. The molecule has 2 atom stereocenters. The number of ether oxygens (including phenoxy) is 2. The predicted octanol–water partition coefficient (Wildman–Crippen LogP) is 1.27. The van der Waals surface area contributed by atoms with Gasteiger partial charge in [-0.25, -0.2) is 0 Å². The van der Waals surface area contributed by atoms with E-state index >= 15 is 0 Å². The maximum absolute atomic E-state index is 12.2. The normalized spacial score (nSPS) is 21.9. The molecule has 1 fully saturated rings. The molecule has 0 saturated carbocycles. The van der Waals surface area contributed by atoms with Gasteiger partial charge in [-0.1, -0.05) is 12.5 Å². The molecule has 0 spiro atoms. The van der Waals surface area contributed by atoms with Crippen molar-refractivity contribution in [3.05, 3.63) is 23.8 Å². The maximum Gasteiger partial charge on any atom is 0.234 e. The lowest BCUT2D eigenvalue weighted by atomic mass is 9.98. The molecule has 0 aromatic heterocycles. The summed E-state index contributed by atoms with van der Waals surface area (Å²) < 4.78 is 10.6. The lowest BCUT2D eigenvalue weighted by Gasteiger charge is -2.36. The summed E-state index contributed by atoms with van der Waals surface area (Å²) in [6, 6.07) is 5.76. The van der Waals surface area contributed by atoms with E-state index in [2.05, 4.69) is 10.2 Å². The first kappa shape index (κ1) is 16.1. The number of aliphatic hydroxyl groups is 1. The van der Waals surface area contributed by atoms with E-state index in [0.717, 1.165) is 42.9 Å². The molecule has 6 nitrogen and oxygen atoms in total. The summed E-state index contributed by atoms with van der Waals surface area (Å²) in [5.74, 6) is 1.45. The van der Waals surface area contributed by atoms with E-state index in [9.17, 15) is 9.90 Å². The zero-order chi connectivity index (χ0) is 16.2. The van der Waals surface area contributed by atoms with E-state index in [1.165, 1.54) is 0 Å². The number of hydrogen-bond donors (Lipinski definition) is 2. The van der Waals surface area contributed by atoms with Crippen molar-refractivity contribution in [2.24, 2.45) is 0 Å². The molecule has 2 aliphatic heterocycles. The minimum absolute atomic E-state index is 0.0183. The number of nitrogens with one attached hydrogen (secondary N) is 1. The van der Waals surface area contributed by atoms with Crippen LogP contribution in [0.15, 0.2) is 18.2 Å². The van der Waals surface area contributed by atoms with Crippen LogP contribution in [0.4, 0.5) is 0 Å². The van der Waals surface area contributed by atoms with Gasteiger partial charge in [-0.3, -0.25) is 9.69 Å². The van der Waals surface area contributed by atoms with Crippen molar-refractivity contribution in [1.29, 1.82) is 0 Å². The number of benzene rings is 1. The number of fused-ring (bicyclic) bond motifs is 1. The van der Waals surface area contributed by atoms with Gasteiger partial charge in [0.25, 0.3) is 0 Å². The van der Waals surface area contributed by atoms with E-state index in [0.29, 0.717) is 13.1 Å². The number of likely N-dealkylation sites (tertiary alicyclic amines) is 1. The SMILES string of the molecule is CC(O)C1CCCCN1CC(=O)NCc1ccc2c(c1)OCO2. The van der Waals surface area contributed by atoms with Gasteiger partial charge in [-0.05, 0) is 44.0 Å². The highest BCUT2D eigenvalue weighted by Gasteiger charge is 2.27. The molecule has 6 heteroatoms. The van der Waals surface area contributed by atoms with Gasteiger partial charge in [0.1, 0.15) is 0 Å². The third-order valence-electron chi connectivity index (χ3n) is 4.49. The summed E-state index contributed by atoms with van der Waals surface area (Å²) in [7, 11) is 0. The average molecular weight is 320 g/mol. The number of carbonyl (C=O) groups excluding carboxylic acids is 1. The van der Waals surface area contributed by atoms with Crippen LogP contribution in [-0.4, -0.2) is 47.9 Å². The summed E-state index contributed by atoms with van der Waals surface area (Å²) in [4.78, 5) is 14.3. The number of aliphatic hydroxyl groups excluding tert-OH is 1. The Kier molecular flexibility index (Phi) is 5.03. The molecule has 1 amide bonds. The van der Waals surface area contributed by atoms with Crippen LogP contribution < -0.4 is 14.8 Å².